The Kier molecular flexibility index (Phi) is 3.18. The summed E-state index contributed by atoms with van der Waals surface area (Å²) in [6, 6.07) is 6.96. The molecule has 3 rings (SSSR count). The van der Waals surface area contributed by atoms with E-state index in [9.17, 15) is 0 Å². The molecule has 1 N–H and O–H groups in total. The van der Waals surface area contributed by atoms with Gasteiger partial charge in [0.05, 0.1) is 11.7 Å². The van der Waals surface area contributed by atoms with Crippen molar-refractivity contribution in [1.82, 2.24) is 10.3 Å². The second kappa shape index (κ2) is 4.82. The maximum Gasteiger partial charge on any atom is 0.0605 e. The van der Waals surface area contributed by atoms with Gasteiger partial charge in [0, 0.05) is 22.5 Å². The third-order valence-corrected chi connectivity index (χ3v) is 4.85. The first kappa shape index (κ1) is 11.9. The van der Waals surface area contributed by atoms with Crippen molar-refractivity contribution in [2.75, 3.05) is 0 Å². The van der Waals surface area contributed by atoms with E-state index in [0.29, 0.717) is 6.04 Å². The molecule has 0 fully saturated rings. The highest BCUT2D eigenvalue weighted by molar-refractivity contribution is 7.12. The van der Waals surface area contributed by atoms with Crippen LogP contribution in [-0.2, 0) is 13.0 Å². The van der Waals surface area contributed by atoms with E-state index >= 15 is 0 Å². The highest BCUT2D eigenvalue weighted by Crippen LogP contribution is 2.29. The van der Waals surface area contributed by atoms with Gasteiger partial charge in [0.15, 0.2) is 0 Å². The highest BCUT2D eigenvalue weighted by Gasteiger charge is 2.22. The Bertz CT molecular complexity index is 540. The Morgan fingerprint density at radius 1 is 1.44 bits per heavy atom. The summed E-state index contributed by atoms with van der Waals surface area (Å²) < 4.78 is 0. The highest BCUT2D eigenvalue weighted by atomic mass is 32.1. The molecule has 1 aliphatic rings. The summed E-state index contributed by atoms with van der Waals surface area (Å²) in [5.74, 6) is 0. The zero-order valence-corrected chi connectivity index (χ0v) is 11.7. The third-order valence-electron chi connectivity index (χ3n) is 3.70. The second-order valence-corrected chi connectivity index (χ2v) is 6.31. The van der Waals surface area contributed by atoms with Crippen molar-refractivity contribution in [2.24, 2.45) is 0 Å². The number of nitrogens with zero attached hydrogens (tertiary/aromatic N) is 1. The number of nitrogens with one attached hydrogen (secondary N) is 1. The molecule has 3 heteroatoms. The van der Waals surface area contributed by atoms with Gasteiger partial charge >= 0.3 is 0 Å². The molecule has 2 aromatic heterocycles. The number of hydrogen-bond donors (Lipinski definition) is 1. The zero-order valence-electron chi connectivity index (χ0n) is 10.9. The number of pyridine rings is 1. The van der Waals surface area contributed by atoms with Crippen LogP contribution in [0.4, 0.5) is 0 Å². The van der Waals surface area contributed by atoms with Crippen LogP contribution < -0.4 is 5.32 Å². The largest absolute Gasteiger partial charge is 0.304 e. The predicted molar refractivity (Wildman–Crippen MR) is 75.9 cm³/mol. The SMILES string of the molecule is Cc1cc(CNC2CCc3cccnc32)sc1C. The molecule has 2 nitrogen and oxygen atoms in total. The Balaban J connectivity index is 1.68. The average molecular weight is 258 g/mol. The Labute approximate surface area is 112 Å². The van der Waals surface area contributed by atoms with E-state index < -0.39 is 0 Å². The molecule has 2 heterocycles. The Morgan fingerprint density at radius 3 is 3.11 bits per heavy atom. The van der Waals surface area contributed by atoms with E-state index in [0.717, 1.165) is 13.0 Å². The fraction of sp³-hybridized carbons (Fsp3) is 0.400. The molecule has 0 radical (unpaired) electrons. The van der Waals surface area contributed by atoms with Crippen LogP contribution in [0.15, 0.2) is 24.4 Å². The van der Waals surface area contributed by atoms with Gasteiger partial charge in [0.2, 0.25) is 0 Å². The van der Waals surface area contributed by atoms with Crippen molar-refractivity contribution in [2.45, 2.75) is 39.3 Å². The van der Waals surface area contributed by atoms with Gasteiger partial charge < -0.3 is 5.32 Å². The maximum atomic E-state index is 4.52. The van der Waals surface area contributed by atoms with E-state index in [1.807, 2.05) is 23.6 Å². The van der Waals surface area contributed by atoms with Crippen molar-refractivity contribution in [3.8, 4) is 0 Å². The minimum absolute atomic E-state index is 0.434. The molecular weight excluding hydrogens is 240 g/mol. The minimum atomic E-state index is 0.434. The van der Waals surface area contributed by atoms with Gasteiger partial charge in [0.25, 0.3) is 0 Å². The summed E-state index contributed by atoms with van der Waals surface area (Å²) >= 11 is 1.90. The van der Waals surface area contributed by atoms with Crippen LogP contribution >= 0.6 is 11.3 Å². The predicted octanol–water partition coefficient (Wildman–Crippen LogP) is 3.54. The molecule has 0 aromatic carbocycles. The maximum absolute atomic E-state index is 4.52. The molecule has 0 saturated carbocycles. The van der Waals surface area contributed by atoms with E-state index in [1.165, 1.54) is 33.0 Å². The first-order valence-electron chi connectivity index (χ1n) is 6.47. The lowest BCUT2D eigenvalue weighted by Gasteiger charge is -2.11. The first-order chi connectivity index (χ1) is 8.74. The van der Waals surface area contributed by atoms with Gasteiger partial charge in [-0.3, -0.25) is 4.98 Å². The first-order valence-corrected chi connectivity index (χ1v) is 7.29. The molecule has 18 heavy (non-hydrogen) atoms. The van der Waals surface area contributed by atoms with E-state index in [2.05, 4.69) is 36.3 Å². The Morgan fingerprint density at radius 2 is 2.33 bits per heavy atom. The van der Waals surface area contributed by atoms with Crippen LogP contribution in [0.3, 0.4) is 0 Å². The lowest BCUT2D eigenvalue weighted by molar-refractivity contribution is 0.524. The van der Waals surface area contributed by atoms with E-state index in [-0.39, 0.29) is 0 Å². The number of fused-ring (bicyclic) bond motifs is 1. The van der Waals surface area contributed by atoms with Crippen molar-refractivity contribution < 1.29 is 0 Å². The molecule has 0 aliphatic heterocycles. The fourth-order valence-electron chi connectivity index (χ4n) is 2.57. The topological polar surface area (TPSA) is 24.9 Å². The molecular formula is C15H18N2S. The van der Waals surface area contributed by atoms with Crippen LogP contribution in [0.1, 0.15) is 39.0 Å². The molecule has 0 amide bonds. The minimum Gasteiger partial charge on any atom is -0.304 e. The summed E-state index contributed by atoms with van der Waals surface area (Å²) in [6.45, 7) is 5.33. The normalized spacial score (nSPS) is 18.0. The average Bonchev–Trinajstić information content (AvgIpc) is 2.92. The van der Waals surface area contributed by atoms with Gasteiger partial charge in [-0.2, -0.15) is 0 Å². The second-order valence-electron chi connectivity index (χ2n) is 4.97. The molecule has 0 bridgehead atoms. The summed E-state index contributed by atoms with van der Waals surface area (Å²) in [6.07, 6.45) is 4.23. The lowest BCUT2D eigenvalue weighted by atomic mass is 10.2. The monoisotopic (exact) mass is 258 g/mol. The number of aromatic nitrogens is 1. The summed E-state index contributed by atoms with van der Waals surface area (Å²) in [5, 5.41) is 3.64. The lowest BCUT2D eigenvalue weighted by Crippen LogP contribution is -2.18. The molecule has 2 aromatic rings. The van der Waals surface area contributed by atoms with Crippen molar-refractivity contribution in [1.29, 1.82) is 0 Å². The van der Waals surface area contributed by atoms with E-state index in [4.69, 9.17) is 0 Å². The molecule has 0 saturated heterocycles. The zero-order chi connectivity index (χ0) is 12.5. The molecule has 1 atom stereocenters. The van der Waals surface area contributed by atoms with Crippen LogP contribution in [0, 0.1) is 13.8 Å². The number of rotatable bonds is 3. The summed E-state index contributed by atoms with van der Waals surface area (Å²) in [4.78, 5) is 7.37. The van der Waals surface area contributed by atoms with Gasteiger partial charge in [-0.25, -0.2) is 0 Å². The molecule has 0 spiro atoms. The molecule has 1 aliphatic carbocycles. The van der Waals surface area contributed by atoms with Gasteiger partial charge in [-0.05, 0) is 49.9 Å². The third kappa shape index (κ3) is 2.20. The quantitative estimate of drug-likeness (QED) is 0.911. The molecule has 1 unspecified atom stereocenters. The van der Waals surface area contributed by atoms with Crippen LogP contribution in [0.5, 0.6) is 0 Å². The van der Waals surface area contributed by atoms with Crippen molar-refractivity contribution in [3.05, 3.63) is 51.0 Å². The summed E-state index contributed by atoms with van der Waals surface area (Å²) in [7, 11) is 0. The summed E-state index contributed by atoms with van der Waals surface area (Å²) in [5.41, 5.74) is 4.07. The number of hydrogen-bond acceptors (Lipinski definition) is 3. The fourth-order valence-corrected chi connectivity index (χ4v) is 3.58. The van der Waals surface area contributed by atoms with Gasteiger partial charge in [-0.1, -0.05) is 6.07 Å². The van der Waals surface area contributed by atoms with Crippen LogP contribution in [0.2, 0.25) is 0 Å². The standard InChI is InChI=1S/C15H18N2S/c1-10-8-13(18-11(10)2)9-17-14-6-5-12-4-3-7-16-15(12)14/h3-4,7-8,14,17H,5-6,9H2,1-2H3. The smallest absolute Gasteiger partial charge is 0.0605 e. The van der Waals surface area contributed by atoms with Crippen LogP contribution in [0.25, 0.3) is 0 Å². The van der Waals surface area contributed by atoms with Gasteiger partial charge in [-0.15, -0.1) is 11.3 Å². The van der Waals surface area contributed by atoms with Crippen LogP contribution in [-0.4, -0.2) is 4.98 Å². The van der Waals surface area contributed by atoms with Crippen molar-refractivity contribution >= 4 is 11.3 Å². The van der Waals surface area contributed by atoms with Gasteiger partial charge in [0.1, 0.15) is 0 Å². The Hall–Kier alpha value is -1.19. The van der Waals surface area contributed by atoms with Crippen molar-refractivity contribution in [3.63, 3.8) is 0 Å². The molecule has 94 valence electrons. The van der Waals surface area contributed by atoms with E-state index in [1.54, 1.807) is 0 Å². The number of aryl methyl sites for hydroxylation is 3. The number of thiophene rings is 1.